The molecular weight excluding hydrogens is 358 g/mol. The van der Waals surface area contributed by atoms with Crippen molar-refractivity contribution >= 4 is 12.0 Å². The van der Waals surface area contributed by atoms with Gasteiger partial charge >= 0.3 is 0 Å². The Morgan fingerprint density at radius 3 is 2.52 bits per heavy atom. The first-order valence-electron chi connectivity index (χ1n) is 11.5. The van der Waals surface area contributed by atoms with E-state index in [-0.39, 0.29) is 5.91 Å². The second-order valence-corrected chi connectivity index (χ2v) is 9.10. The van der Waals surface area contributed by atoms with Crippen molar-refractivity contribution in [2.45, 2.75) is 64.5 Å². The lowest BCUT2D eigenvalue weighted by Gasteiger charge is -2.44. The molecule has 0 aromatic heterocycles. The van der Waals surface area contributed by atoms with Crippen molar-refractivity contribution in [2.24, 2.45) is 5.92 Å². The van der Waals surface area contributed by atoms with Crippen molar-refractivity contribution in [2.75, 3.05) is 33.2 Å². The number of carbonyl (C=O) groups is 1. The summed E-state index contributed by atoms with van der Waals surface area (Å²) in [7, 11) is 2.35. The predicted octanol–water partition coefficient (Wildman–Crippen LogP) is 4.10. The normalized spacial score (nSPS) is 24.3. The molecule has 0 bridgehead atoms. The SMILES string of the molecule is Cc1ccc(/C=C/C(=O)NCCN2CCC(N(C)C3CCCCC3C)CC2)cc1. The van der Waals surface area contributed by atoms with Gasteiger partial charge in [-0.25, -0.2) is 0 Å². The third-order valence-corrected chi connectivity index (χ3v) is 6.95. The second-order valence-electron chi connectivity index (χ2n) is 9.10. The lowest BCUT2D eigenvalue weighted by atomic mass is 9.84. The second kappa shape index (κ2) is 10.9. The zero-order chi connectivity index (χ0) is 20.6. The van der Waals surface area contributed by atoms with E-state index in [1.807, 2.05) is 18.2 Å². The number of nitrogens with zero attached hydrogens (tertiary/aromatic N) is 2. The van der Waals surface area contributed by atoms with E-state index in [1.54, 1.807) is 6.08 Å². The van der Waals surface area contributed by atoms with Gasteiger partial charge in [-0.2, -0.15) is 0 Å². The molecular formula is C25H39N3O. The molecule has 1 aliphatic heterocycles. The summed E-state index contributed by atoms with van der Waals surface area (Å²) in [4.78, 5) is 17.2. The van der Waals surface area contributed by atoms with Crippen LogP contribution in [-0.4, -0.2) is 61.0 Å². The van der Waals surface area contributed by atoms with Crippen LogP contribution in [0.1, 0.15) is 56.6 Å². The summed E-state index contributed by atoms with van der Waals surface area (Å²) in [6.07, 6.45) is 11.6. The first-order chi connectivity index (χ1) is 14.0. The molecule has 1 aromatic carbocycles. The number of carbonyl (C=O) groups excluding carboxylic acids is 1. The highest BCUT2D eigenvalue weighted by Gasteiger charge is 2.31. The van der Waals surface area contributed by atoms with Crippen LogP contribution in [0.25, 0.3) is 6.08 Å². The van der Waals surface area contributed by atoms with Gasteiger partial charge < -0.3 is 15.1 Å². The minimum Gasteiger partial charge on any atom is -0.351 e. The molecule has 0 radical (unpaired) electrons. The lowest BCUT2D eigenvalue weighted by molar-refractivity contribution is -0.116. The van der Waals surface area contributed by atoms with Gasteiger partial charge in [-0.15, -0.1) is 0 Å². The Morgan fingerprint density at radius 1 is 1.14 bits per heavy atom. The summed E-state index contributed by atoms with van der Waals surface area (Å²) in [5, 5.41) is 3.03. The average molecular weight is 398 g/mol. The summed E-state index contributed by atoms with van der Waals surface area (Å²) >= 11 is 0. The number of piperidine rings is 1. The number of likely N-dealkylation sites (tertiary alicyclic amines) is 1. The Kier molecular flexibility index (Phi) is 8.31. The first-order valence-corrected chi connectivity index (χ1v) is 11.5. The zero-order valence-electron chi connectivity index (χ0n) is 18.6. The van der Waals surface area contributed by atoms with E-state index in [9.17, 15) is 4.79 Å². The van der Waals surface area contributed by atoms with Gasteiger partial charge in [0.1, 0.15) is 0 Å². The molecule has 1 saturated heterocycles. The van der Waals surface area contributed by atoms with Crippen LogP contribution in [0.3, 0.4) is 0 Å². The van der Waals surface area contributed by atoms with Gasteiger partial charge in [0.25, 0.3) is 0 Å². The number of benzene rings is 1. The van der Waals surface area contributed by atoms with Crippen LogP contribution >= 0.6 is 0 Å². The maximum absolute atomic E-state index is 12.0. The molecule has 2 atom stereocenters. The van der Waals surface area contributed by atoms with Crippen LogP contribution in [0.2, 0.25) is 0 Å². The van der Waals surface area contributed by atoms with Crippen molar-refractivity contribution in [1.82, 2.24) is 15.1 Å². The molecule has 0 spiro atoms. The van der Waals surface area contributed by atoms with Crippen molar-refractivity contribution in [3.8, 4) is 0 Å². The fourth-order valence-corrected chi connectivity index (χ4v) is 4.97. The number of hydrogen-bond donors (Lipinski definition) is 1. The van der Waals surface area contributed by atoms with Gasteiger partial charge in [0.15, 0.2) is 0 Å². The van der Waals surface area contributed by atoms with E-state index < -0.39 is 0 Å². The number of hydrogen-bond acceptors (Lipinski definition) is 3. The maximum Gasteiger partial charge on any atom is 0.244 e. The van der Waals surface area contributed by atoms with Gasteiger partial charge in [-0.05, 0) is 70.3 Å². The van der Waals surface area contributed by atoms with E-state index in [0.29, 0.717) is 0 Å². The molecule has 2 unspecified atom stereocenters. The molecule has 29 heavy (non-hydrogen) atoms. The highest BCUT2D eigenvalue weighted by Crippen LogP contribution is 2.30. The van der Waals surface area contributed by atoms with Gasteiger partial charge in [0.05, 0.1) is 0 Å². The molecule has 2 fully saturated rings. The number of rotatable bonds is 7. The van der Waals surface area contributed by atoms with Crippen LogP contribution in [0, 0.1) is 12.8 Å². The zero-order valence-corrected chi connectivity index (χ0v) is 18.6. The summed E-state index contributed by atoms with van der Waals surface area (Å²) in [6.45, 7) is 8.46. The van der Waals surface area contributed by atoms with E-state index in [0.717, 1.165) is 49.7 Å². The largest absolute Gasteiger partial charge is 0.351 e. The van der Waals surface area contributed by atoms with E-state index in [4.69, 9.17) is 0 Å². The Morgan fingerprint density at radius 2 is 1.83 bits per heavy atom. The van der Waals surface area contributed by atoms with Crippen LogP contribution in [0.5, 0.6) is 0 Å². The number of amides is 1. The summed E-state index contributed by atoms with van der Waals surface area (Å²) in [5.74, 6) is 0.835. The first kappa shape index (κ1) is 22.0. The number of aryl methyl sites for hydroxylation is 1. The summed E-state index contributed by atoms with van der Waals surface area (Å²) in [6, 6.07) is 9.70. The summed E-state index contributed by atoms with van der Waals surface area (Å²) < 4.78 is 0. The monoisotopic (exact) mass is 397 g/mol. The average Bonchev–Trinajstić information content (AvgIpc) is 2.74. The molecule has 160 valence electrons. The third kappa shape index (κ3) is 6.68. The molecule has 1 aliphatic carbocycles. The Balaban J connectivity index is 1.33. The molecule has 4 heteroatoms. The van der Waals surface area contributed by atoms with Gasteiger partial charge in [-0.1, -0.05) is 49.6 Å². The Labute approximate surface area is 177 Å². The minimum absolute atomic E-state index is 0.00789. The van der Waals surface area contributed by atoms with Crippen LogP contribution in [-0.2, 0) is 4.79 Å². The van der Waals surface area contributed by atoms with Crippen LogP contribution in [0.15, 0.2) is 30.3 Å². The van der Waals surface area contributed by atoms with E-state index in [1.165, 1.54) is 44.1 Å². The van der Waals surface area contributed by atoms with Gasteiger partial charge in [-0.3, -0.25) is 4.79 Å². The van der Waals surface area contributed by atoms with Crippen molar-refractivity contribution in [3.63, 3.8) is 0 Å². The topological polar surface area (TPSA) is 35.6 Å². The number of nitrogens with one attached hydrogen (secondary N) is 1. The Bertz CT molecular complexity index is 661. The maximum atomic E-state index is 12.0. The molecule has 1 saturated carbocycles. The molecule has 3 rings (SSSR count). The molecule has 2 aliphatic rings. The van der Waals surface area contributed by atoms with Gasteiger partial charge in [0, 0.05) is 31.2 Å². The molecule has 1 heterocycles. The standard InChI is InChI=1S/C25H39N3O/c1-20-8-10-22(11-9-20)12-13-25(29)26-16-19-28-17-14-23(15-18-28)27(3)24-7-5-4-6-21(24)2/h8-13,21,23-24H,4-7,14-19H2,1-3H3,(H,26,29)/b13-12+. The predicted molar refractivity (Wildman–Crippen MR) is 122 cm³/mol. The van der Waals surface area contributed by atoms with E-state index in [2.05, 4.69) is 48.1 Å². The summed E-state index contributed by atoms with van der Waals surface area (Å²) in [5.41, 5.74) is 2.29. The molecule has 1 N–H and O–H groups in total. The van der Waals surface area contributed by atoms with Crippen molar-refractivity contribution in [1.29, 1.82) is 0 Å². The lowest BCUT2D eigenvalue weighted by Crippen LogP contribution is -2.50. The Hall–Kier alpha value is -1.65. The molecule has 1 amide bonds. The third-order valence-electron chi connectivity index (χ3n) is 6.95. The fourth-order valence-electron chi connectivity index (χ4n) is 4.97. The van der Waals surface area contributed by atoms with Crippen molar-refractivity contribution in [3.05, 3.63) is 41.5 Å². The van der Waals surface area contributed by atoms with E-state index >= 15 is 0 Å². The fraction of sp³-hybridized carbons (Fsp3) is 0.640. The highest BCUT2D eigenvalue weighted by atomic mass is 16.1. The van der Waals surface area contributed by atoms with Crippen LogP contribution < -0.4 is 5.32 Å². The minimum atomic E-state index is -0.00789. The highest BCUT2D eigenvalue weighted by molar-refractivity contribution is 5.91. The van der Waals surface area contributed by atoms with Crippen molar-refractivity contribution < 1.29 is 4.79 Å². The van der Waals surface area contributed by atoms with Gasteiger partial charge in [0.2, 0.25) is 5.91 Å². The molecule has 1 aromatic rings. The van der Waals surface area contributed by atoms with Crippen LogP contribution in [0.4, 0.5) is 0 Å². The quantitative estimate of drug-likeness (QED) is 0.704. The molecule has 4 nitrogen and oxygen atoms in total. The smallest absolute Gasteiger partial charge is 0.244 e.